The molecule has 2 aromatic heterocycles. The van der Waals surface area contributed by atoms with E-state index in [9.17, 15) is 26.3 Å². The number of aromatic nitrogens is 3. The Morgan fingerprint density at radius 2 is 1.83 bits per heavy atom. The zero-order chi connectivity index (χ0) is 27.3. The van der Waals surface area contributed by atoms with Crippen molar-refractivity contribution in [1.29, 1.82) is 10.8 Å². The number of aryl methyl sites for hydroxylation is 1. The summed E-state index contributed by atoms with van der Waals surface area (Å²) >= 11 is 0. The number of rotatable bonds is 5. The minimum absolute atomic E-state index is 0.0397. The minimum atomic E-state index is -3.95. The second-order valence-electron chi connectivity index (χ2n) is 8.11. The maximum absolute atomic E-state index is 14.6. The molecule has 0 amide bonds. The largest absolute Gasteiger partial charge is 0.394 e. The molecule has 2 N–H and O–H groups in total. The molecule has 1 aromatic carbocycles. The van der Waals surface area contributed by atoms with Crippen LogP contribution in [-0.4, -0.2) is 40.0 Å². The molecular formula is C24H28F6N6. The summed E-state index contributed by atoms with van der Waals surface area (Å²) in [5.41, 5.74) is -0.518. The Balaban J connectivity index is 0.000000384. The smallest absolute Gasteiger partial charge is 0.320 e. The fourth-order valence-corrected chi connectivity index (χ4v) is 3.21. The highest BCUT2D eigenvalue weighted by molar-refractivity contribution is 5.94. The standard InChI is InChI=1S/C17H15F3N6.C5H7F3.C2H6/c1-10-7-11(5-6-23-10)25(8-14(19)20)16-15-12(18)3-2-4-13(15)26(9-21)17(22)24-16;1-4(2-3-4)5(6,7)8;1-2/h2-7,9,14,21-22H,8H2,1H3;2-3H2,1H3;1-2H3. The predicted molar refractivity (Wildman–Crippen MR) is 126 cm³/mol. The van der Waals surface area contributed by atoms with Gasteiger partial charge in [-0.15, -0.1) is 0 Å². The summed E-state index contributed by atoms with van der Waals surface area (Å²) in [5.74, 6) is -0.780. The summed E-state index contributed by atoms with van der Waals surface area (Å²) in [6, 6.07) is 7.22. The van der Waals surface area contributed by atoms with Crippen LogP contribution in [0.4, 0.5) is 37.8 Å². The summed E-state index contributed by atoms with van der Waals surface area (Å²) < 4.78 is 77.0. The van der Waals surface area contributed by atoms with E-state index in [-0.39, 0.29) is 22.3 Å². The van der Waals surface area contributed by atoms with Crippen molar-refractivity contribution in [2.24, 2.45) is 5.41 Å². The maximum Gasteiger partial charge on any atom is 0.394 e. The number of hydrogen-bond donors (Lipinski definition) is 2. The number of nitrogens with zero attached hydrogens (tertiary/aromatic N) is 4. The van der Waals surface area contributed by atoms with E-state index in [1.807, 2.05) is 13.8 Å². The van der Waals surface area contributed by atoms with Gasteiger partial charge < -0.3 is 4.90 Å². The van der Waals surface area contributed by atoms with E-state index in [0.717, 1.165) is 15.8 Å². The summed E-state index contributed by atoms with van der Waals surface area (Å²) in [6.07, 6.45) is -3.74. The van der Waals surface area contributed by atoms with Gasteiger partial charge in [0.15, 0.2) is 0 Å². The second-order valence-corrected chi connectivity index (χ2v) is 8.11. The highest BCUT2D eigenvalue weighted by Gasteiger charge is 2.59. The van der Waals surface area contributed by atoms with E-state index < -0.39 is 30.4 Å². The van der Waals surface area contributed by atoms with Crippen molar-refractivity contribution in [3.63, 3.8) is 0 Å². The maximum atomic E-state index is 14.6. The zero-order valence-corrected chi connectivity index (χ0v) is 20.3. The number of halogens is 6. The van der Waals surface area contributed by atoms with Gasteiger partial charge in [-0.25, -0.2) is 13.2 Å². The van der Waals surface area contributed by atoms with Crippen LogP contribution < -0.4 is 10.5 Å². The Labute approximate surface area is 204 Å². The second kappa shape index (κ2) is 11.5. The number of anilines is 2. The monoisotopic (exact) mass is 514 g/mol. The van der Waals surface area contributed by atoms with Crippen molar-refractivity contribution in [3.05, 3.63) is 53.7 Å². The third-order valence-corrected chi connectivity index (χ3v) is 5.50. The number of nitrogens with one attached hydrogen (secondary N) is 2. The fourth-order valence-electron chi connectivity index (χ4n) is 3.21. The normalized spacial score (nSPS) is 13.9. The van der Waals surface area contributed by atoms with E-state index in [1.165, 1.54) is 37.4 Å². The number of alkyl halides is 5. The van der Waals surface area contributed by atoms with Gasteiger partial charge in [0.1, 0.15) is 11.6 Å². The molecule has 1 aliphatic rings. The molecule has 1 aliphatic carbocycles. The summed E-state index contributed by atoms with van der Waals surface area (Å²) in [5, 5.41) is 15.4. The number of benzene rings is 1. The van der Waals surface area contributed by atoms with Gasteiger partial charge in [-0.2, -0.15) is 18.2 Å². The van der Waals surface area contributed by atoms with Crippen LogP contribution in [0.3, 0.4) is 0 Å². The quantitative estimate of drug-likeness (QED) is 0.229. The number of pyridine rings is 1. The van der Waals surface area contributed by atoms with Gasteiger partial charge in [-0.1, -0.05) is 26.8 Å². The van der Waals surface area contributed by atoms with E-state index in [4.69, 9.17) is 10.8 Å². The first kappa shape index (κ1) is 28.8. The first-order chi connectivity index (χ1) is 16.9. The molecule has 0 atom stereocenters. The van der Waals surface area contributed by atoms with Gasteiger partial charge in [0.25, 0.3) is 6.43 Å². The van der Waals surface area contributed by atoms with Crippen LogP contribution in [-0.2, 0) is 0 Å². The molecule has 6 nitrogen and oxygen atoms in total. The summed E-state index contributed by atoms with van der Waals surface area (Å²) in [7, 11) is 0. The van der Waals surface area contributed by atoms with Gasteiger partial charge >= 0.3 is 6.18 Å². The van der Waals surface area contributed by atoms with Crippen molar-refractivity contribution in [2.75, 3.05) is 11.4 Å². The van der Waals surface area contributed by atoms with Crippen LogP contribution in [0.1, 0.15) is 39.3 Å². The van der Waals surface area contributed by atoms with Crippen LogP contribution in [0.5, 0.6) is 0 Å². The van der Waals surface area contributed by atoms with Gasteiger partial charge in [0.2, 0.25) is 5.62 Å². The third kappa shape index (κ3) is 6.41. The lowest BCUT2D eigenvalue weighted by atomic mass is 10.1. The molecule has 36 heavy (non-hydrogen) atoms. The lowest BCUT2D eigenvalue weighted by Crippen LogP contribution is -2.31. The molecule has 0 spiro atoms. The molecule has 0 aliphatic heterocycles. The molecule has 0 unspecified atom stereocenters. The van der Waals surface area contributed by atoms with E-state index >= 15 is 0 Å². The zero-order valence-electron chi connectivity index (χ0n) is 20.3. The SMILES string of the molecule is CC.CC1(C(F)(F)F)CC1.Cc1cc(N(CC(F)F)c2nc(=N)n(C=N)c3cccc(F)c23)ccn1. The van der Waals surface area contributed by atoms with Crippen molar-refractivity contribution in [1.82, 2.24) is 14.5 Å². The molecule has 0 saturated heterocycles. The molecule has 4 rings (SSSR count). The van der Waals surface area contributed by atoms with Crippen LogP contribution in [0.25, 0.3) is 10.9 Å². The topological polar surface area (TPSA) is 81.7 Å². The van der Waals surface area contributed by atoms with Gasteiger partial charge in [0, 0.05) is 17.6 Å². The van der Waals surface area contributed by atoms with Crippen LogP contribution >= 0.6 is 0 Å². The molecule has 0 radical (unpaired) electrons. The first-order valence-electron chi connectivity index (χ1n) is 11.2. The lowest BCUT2D eigenvalue weighted by molar-refractivity contribution is -0.181. The van der Waals surface area contributed by atoms with Crippen LogP contribution in [0, 0.1) is 29.0 Å². The molecule has 196 valence electrons. The van der Waals surface area contributed by atoms with E-state index in [0.29, 0.717) is 24.2 Å². The highest BCUT2D eigenvalue weighted by Crippen LogP contribution is 2.56. The Morgan fingerprint density at radius 1 is 1.19 bits per heavy atom. The van der Waals surface area contributed by atoms with Crippen molar-refractivity contribution >= 4 is 28.7 Å². The fraction of sp³-hybridized carbons (Fsp3) is 0.417. The van der Waals surface area contributed by atoms with Crippen molar-refractivity contribution in [3.8, 4) is 0 Å². The average molecular weight is 515 g/mol. The molecule has 1 fully saturated rings. The molecule has 2 heterocycles. The number of hydrogen-bond acceptors (Lipinski definition) is 5. The van der Waals surface area contributed by atoms with E-state index in [2.05, 4.69) is 9.97 Å². The predicted octanol–water partition coefficient (Wildman–Crippen LogP) is 6.59. The van der Waals surface area contributed by atoms with Gasteiger partial charge in [-0.05, 0) is 44.0 Å². The van der Waals surface area contributed by atoms with Crippen molar-refractivity contribution in [2.45, 2.75) is 53.1 Å². The molecule has 1 saturated carbocycles. The third-order valence-electron chi connectivity index (χ3n) is 5.50. The summed E-state index contributed by atoms with van der Waals surface area (Å²) in [4.78, 5) is 9.21. The van der Waals surface area contributed by atoms with Gasteiger partial charge in [-0.3, -0.25) is 20.4 Å². The highest BCUT2D eigenvalue weighted by atomic mass is 19.4. The van der Waals surface area contributed by atoms with Crippen LogP contribution in [0.15, 0.2) is 36.5 Å². The van der Waals surface area contributed by atoms with Crippen molar-refractivity contribution < 1.29 is 26.3 Å². The Bertz CT molecular complexity index is 1250. The van der Waals surface area contributed by atoms with E-state index in [1.54, 1.807) is 13.0 Å². The summed E-state index contributed by atoms with van der Waals surface area (Å²) in [6.45, 7) is 6.24. The Morgan fingerprint density at radius 3 is 2.31 bits per heavy atom. The average Bonchev–Trinajstić information content (AvgIpc) is 3.58. The molecule has 3 aromatic rings. The minimum Gasteiger partial charge on any atom is -0.320 e. The lowest BCUT2D eigenvalue weighted by Gasteiger charge is -2.25. The first-order valence-corrected chi connectivity index (χ1v) is 11.2. The molecule has 0 bridgehead atoms. The van der Waals surface area contributed by atoms with Crippen LogP contribution in [0.2, 0.25) is 0 Å². The number of fused-ring (bicyclic) bond motifs is 1. The van der Waals surface area contributed by atoms with Gasteiger partial charge in [0.05, 0.1) is 29.2 Å². The Hall–Kier alpha value is -3.44. The molecule has 12 heteroatoms. The Kier molecular flexibility index (Phi) is 9.22. The molecular weight excluding hydrogens is 486 g/mol.